The molecule has 4 N–H and O–H groups in total. The van der Waals surface area contributed by atoms with Gasteiger partial charge in [-0.3, -0.25) is 9.59 Å². The van der Waals surface area contributed by atoms with Crippen molar-refractivity contribution in [3.05, 3.63) is 0 Å². The molecular formula is C24H36Cl2F2N2O6. The number of amides is 2. The minimum Gasteiger partial charge on any atom is -0.391 e. The van der Waals surface area contributed by atoms with Gasteiger partial charge in [-0.25, -0.2) is 8.78 Å². The maximum atomic E-state index is 13.8. The average Bonchev–Trinajstić information content (AvgIpc) is 2.82. The molecule has 36 heavy (non-hydrogen) atoms. The lowest BCUT2D eigenvalue weighted by atomic mass is 9.58. The van der Waals surface area contributed by atoms with Crippen molar-refractivity contribution in [2.24, 2.45) is 0 Å². The zero-order chi connectivity index (χ0) is 26.1. The Morgan fingerprint density at radius 2 is 1.17 bits per heavy atom. The molecule has 0 aromatic carbocycles. The molecule has 0 spiro atoms. The van der Waals surface area contributed by atoms with E-state index in [0.29, 0.717) is 38.5 Å². The number of carbonyl (C=O) groups is 2. The van der Waals surface area contributed by atoms with E-state index in [1.54, 1.807) is 0 Å². The van der Waals surface area contributed by atoms with E-state index in [1.165, 1.54) is 0 Å². The monoisotopic (exact) mass is 556 g/mol. The lowest BCUT2D eigenvalue weighted by molar-refractivity contribution is -0.156. The van der Waals surface area contributed by atoms with E-state index in [1.807, 2.05) is 0 Å². The SMILES string of the molecule is O=C(COC1CCC(Cl)C(F)C1)N[C@]12CC[C@](NC(=O)COC3CCC(Cl)C(F)C3)(C[C@@H]1O)[C@@H](O)C2. The van der Waals surface area contributed by atoms with Crippen LogP contribution in [0.5, 0.6) is 0 Å². The van der Waals surface area contributed by atoms with E-state index in [4.69, 9.17) is 32.7 Å². The summed E-state index contributed by atoms with van der Waals surface area (Å²) < 4.78 is 38.8. The van der Waals surface area contributed by atoms with Crippen molar-refractivity contribution < 1.29 is 38.1 Å². The van der Waals surface area contributed by atoms with Crippen LogP contribution >= 0.6 is 23.2 Å². The molecule has 0 aromatic heterocycles. The van der Waals surface area contributed by atoms with Gasteiger partial charge in [-0.1, -0.05) is 0 Å². The molecule has 206 valence electrons. The van der Waals surface area contributed by atoms with Crippen molar-refractivity contribution in [1.29, 1.82) is 0 Å². The predicted octanol–water partition coefficient (Wildman–Crippen LogP) is 2.03. The fraction of sp³-hybridized carbons (Fsp3) is 0.917. The van der Waals surface area contributed by atoms with Gasteiger partial charge in [0.2, 0.25) is 11.8 Å². The van der Waals surface area contributed by atoms with Gasteiger partial charge in [0, 0.05) is 25.7 Å². The third-order valence-electron chi connectivity index (χ3n) is 8.38. The molecule has 12 heteroatoms. The summed E-state index contributed by atoms with van der Waals surface area (Å²) in [4.78, 5) is 25.2. The molecule has 5 saturated carbocycles. The van der Waals surface area contributed by atoms with Crippen LogP contribution in [0.4, 0.5) is 8.78 Å². The molecule has 0 aromatic rings. The number of halogens is 4. The van der Waals surface area contributed by atoms with Crippen molar-refractivity contribution in [3.63, 3.8) is 0 Å². The lowest BCUT2D eigenvalue weighted by Gasteiger charge is -2.58. The molecule has 8 nitrogen and oxygen atoms in total. The van der Waals surface area contributed by atoms with Crippen LogP contribution in [0.15, 0.2) is 0 Å². The topological polar surface area (TPSA) is 117 Å². The van der Waals surface area contributed by atoms with Gasteiger partial charge in [-0.2, -0.15) is 0 Å². The van der Waals surface area contributed by atoms with Crippen LogP contribution in [-0.4, -0.2) is 93.8 Å². The van der Waals surface area contributed by atoms with E-state index in [0.717, 1.165) is 0 Å². The van der Waals surface area contributed by atoms with Crippen LogP contribution < -0.4 is 10.6 Å². The Labute approximate surface area is 219 Å². The summed E-state index contributed by atoms with van der Waals surface area (Å²) in [6, 6.07) is 0. The maximum Gasteiger partial charge on any atom is 0.246 e. The third-order valence-corrected chi connectivity index (χ3v) is 9.36. The smallest absolute Gasteiger partial charge is 0.246 e. The standard InChI is InChI=1S/C24H36Cl2F2N2O6/c25-15-3-1-13(7-17(15)27)35-11-21(33)29-23-5-6-24(10-19(23)31,20(32)9-23)30-22(34)12-36-14-2-4-16(26)18(28)8-14/h13-20,31-32H,1-12H2,(H,29,33)(H,30,34)/t13?,14?,15?,16?,17?,18?,19-,20-,23-,24-/m0/s1. The van der Waals surface area contributed by atoms with Gasteiger partial charge in [0.05, 0.1) is 46.2 Å². The van der Waals surface area contributed by atoms with Crippen LogP contribution in [0, 0.1) is 0 Å². The number of hydrogen-bond donors (Lipinski definition) is 4. The van der Waals surface area contributed by atoms with Crippen LogP contribution in [0.25, 0.3) is 0 Å². The number of alkyl halides is 4. The summed E-state index contributed by atoms with van der Waals surface area (Å²) in [5.41, 5.74) is -2.06. The minimum atomic E-state index is -1.17. The highest BCUT2D eigenvalue weighted by molar-refractivity contribution is 6.21. The summed E-state index contributed by atoms with van der Waals surface area (Å²) >= 11 is 11.8. The molecule has 6 unspecified atom stereocenters. The molecular weight excluding hydrogens is 521 g/mol. The van der Waals surface area contributed by atoms with Crippen LogP contribution in [0.2, 0.25) is 0 Å². The Balaban J connectivity index is 1.25. The molecule has 5 fully saturated rings. The molecule has 10 atom stereocenters. The summed E-state index contributed by atoms with van der Waals surface area (Å²) in [6.45, 7) is -0.557. The highest BCUT2D eigenvalue weighted by atomic mass is 35.5. The molecule has 5 rings (SSSR count). The summed E-state index contributed by atoms with van der Waals surface area (Å²) in [7, 11) is 0. The first-order chi connectivity index (χ1) is 17.0. The van der Waals surface area contributed by atoms with Crippen molar-refractivity contribution in [3.8, 4) is 0 Å². The second-order valence-corrected chi connectivity index (χ2v) is 12.0. The Hall–Kier alpha value is -0.780. The van der Waals surface area contributed by atoms with E-state index in [2.05, 4.69) is 10.6 Å². The highest BCUT2D eigenvalue weighted by Gasteiger charge is 2.60. The first-order valence-corrected chi connectivity index (χ1v) is 13.7. The average molecular weight is 557 g/mol. The van der Waals surface area contributed by atoms with Gasteiger partial charge < -0.3 is 30.3 Å². The third kappa shape index (κ3) is 6.26. The van der Waals surface area contributed by atoms with Gasteiger partial charge in [0.1, 0.15) is 25.6 Å². The van der Waals surface area contributed by atoms with Crippen LogP contribution in [-0.2, 0) is 19.1 Å². The number of fused-ring (bicyclic) bond motifs is 3. The van der Waals surface area contributed by atoms with Crippen LogP contribution in [0.3, 0.4) is 0 Å². The fourth-order valence-electron chi connectivity index (χ4n) is 6.13. The van der Waals surface area contributed by atoms with Crippen LogP contribution in [0.1, 0.15) is 64.2 Å². The van der Waals surface area contributed by atoms with E-state index in [9.17, 15) is 28.6 Å². The number of nitrogens with one attached hydrogen (secondary N) is 2. The normalized spacial score (nSPS) is 44.7. The largest absolute Gasteiger partial charge is 0.391 e. The van der Waals surface area contributed by atoms with Crippen molar-refractivity contribution in [2.45, 2.75) is 123 Å². The number of rotatable bonds is 8. The summed E-state index contributed by atoms with van der Waals surface area (Å²) in [6.07, 6.45) is -1.89. The molecule has 5 aliphatic carbocycles. The predicted molar refractivity (Wildman–Crippen MR) is 128 cm³/mol. The number of aliphatic hydroxyl groups excluding tert-OH is 2. The first-order valence-electron chi connectivity index (χ1n) is 12.8. The molecule has 0 saturated heterocycles. The van der Waals surface area contributed by atoms with Gasteiger partial charge in [-0.15, -0.1) is 23.2 Å². The minimum absolute atomic E-state index is 0.0637. The zero-order valence-electron chi connectivity index (χ0n) is 20.1. The molecule has 2 bridgehead atoms. The molecule has 2 amide bonds. The quantitative estimate of drug-likeness (QED) is 0.340. The fourth-order valence-corrected chi connectivity index (χ4v) is 6.59. The van der Waals surface area contributed by atoms with Gasteiger partial charge in [-0.05, 0) is 38.5 Å². The van der Waals surface area contributed by atoms with Gasteiger partial charge in [0.15, 0.2) is 0 Å². The Bertz CT molecular complexity index is 751. The summed E-state index contributed by atoms with van der Waals surface area (Å²) in [5, 5.41) is 26.4. The molecule has 0 aliphatic heterocycles. The number of hydrogen-bond acceptors (Lipinski definition) is 6. The number of ether oxygens (including phenoxy) is 2. The van der Waals surface area contributed by atoms with Gasteiger partial charge in [0.25, 0.3) is 0 Å². The van der Waals surface area contributed by atoms with Crippen molar-refractivity contribution in [2.75, 3.05) is 13.2 Å². The Morgan fingerprint density at radius 1 is 0.778 bits per heavy atom. The van der Waals surface area contributed by atoms with E-state index in [-0.39, 0.29) is 38.9 Å². The second-order valence-electron chi connectivity index (χ2n) is 10.9. The van der Waals surface area contributed by atoms with Crippen molar-refractivity contribution >= 4 is 35.0 Å². The molecule has 0 radical (unpaired) electrons. The summed E-state index contributed by atoms with van der Waals surface area (Å²) in [5.74, 6) is -0.899. The Morgan fingerprint density at radius 3 is 1.50 bits per heavy atom. The maximum absolute atomic E-state index is 13.8. The first kappa shape index (κ1) is 28.2. The molecule has 0 heterocycles. The van der Waals surface area contributed by atoms with Gasteiger partial charge >= 0.3 is 0 Å². The van der Waals surface area contributed by atoms with E-state index < -0.39 is 70.4 Å². The Kier molecular flexibility index (Phi) is 9.05. The van der Waals surface area contributed by atoms with E-state index >= 15 is 0 Å². The number of aliphatic hydroxyl groups is 2. The number of carbonyl (C=O) groups excluding carboxylic acids is 2. The zero-order valence-corrected chi connectivity index (χ0v) is 21.7. The molecule has 5 aliphatic rings. The lowest BCUT2D eigenvalue weighted by Crippen LogP contribution is -2.75. The second kappa shape index (κ2) is 11.5. The highest BCUT2D eigenvalue weighted by Crippen LogP contribution is 2.47. The van der Waals surface area contributed by atoms with Crippen molar-refractivity contribution in [1.82, 2.24) is 10.6 Å².